The minimum atomic E-state index is -3.39. The van der Waals surface area contributed by atoms with Crippen LogP contribution in [0.1, 0.15) is 159 Å². The van der Waals surface area contributed by atoms with Gasteiger partial charge < -0.3 is 52.6 Å². The van der Waals surface area contributed by atoms with Crippen molar-refractivity contribution in [1.82, 2.24) is 43.1 Å². The van der Waals surface area contributed by atoms with Gasteiger partial charge in [0, 0.05) is 163 Å². The number of benzene rings is 8. The molecule has 12 heterocycles. The molecule has 0 bridgehead atoms. The van der Waals surface area contributed by atoms with Crippen LogP contribution in [0.4, 0.5) is 8.78 Å². The Morgan fingerprint density at radius 1 is 0.516 bits per heavy atom. The topological polar surface area (TPSA) is 285 Å². The predicted molar refractivity (Wildman–Crippen MR) is 473 cm³/mol. The zero-order chi connectivity index (χ0) is 89.9. The van der Waals surface area contributed by atoms with Gasteiger partial charge >= 0.3 is 0 Å². The summed E-state index contributed by atoms with van der Waals surface area (Å²) >= 11 is 0. The van der Waals surface area contributed by atoms with Crippen molar-refractivity contribution >= 4 is 43.3 Å². The van der Waals surface area contributed by atoms with Crippen molar-refractivity contribution in [2.75, 3.05) is 72.8 Å². The predicted octanol–water partition coefficient (Wildman–Crippen LogP) is 16.1. The number of aryl methyl sites for hydroxylation is 3. The summed E-state index contributed by atoms with van der Waals surface area (Å²) < 4.78 is 122. The van der Waals surface area contributed by atoms with Gasteiger partial charge in [0.2, 0.25) is 0 Å². The number of hydrogen-bond acceptors (Lipinski definition) is 17. The Kier molecular flexibility index (Phi) is 23.1. The normalized spacial score (nSPS) is 16.5. The minimum Gasteiger partial charge on any atom is -0.497 e. The number of sulfone groups is 2. The molecule has 4 fully saturated rings. The summed E-state index contributed by atoms with van der Waals surface area (Å²) in [6.45, 7) is 11.0. The summed E-state index contributed by atoms with van der Waals surface area (Å²) in [6, 6.07) is 64.9. The number of carbonyl (C=O) groups is 4. The number of methoxy groups -OCH3 is 2. The molecule has 12 aromatic rings. The van der Waals surface area contributed by atoms with E-state index in [1.54, 1.807) is 89.6 Å². The second-order valence-electron chi connectivity index (χ2n) is 33.6. The highest BCUT2D eigenvalue weighted by atomic mass is 32.2. The molecule has 4 saturated heterocycles. The average molecular weight is 1770 g/mol. The second kappa shape index (κ2) is 34.2. The number of nitriles is 2. The quantitative estimate of drug-likeness (QED) is 0.123. The highest BCUT2D eigenvalue weighted by Crippen LogP contribution is 2.52. The summed E-state index contributed by atoms with van der Waals surface area (Å²) in [7, 11) is -1.69. The molecule has 128 heavy (non-hydrogen) atoms. The molecule has 0 radical (unpaired) electrons. The van der Waals surface area contributed by atoms with Gasteiger partial charge in [0.05, 0.1) is 92.5 Å². The molecule has 0 atom stereocenters. The monoisotopic (exact) mass is 1760 g/mol. The fraction of sp³-hybridized carbons (Fsp3) is 0.303. The van der Waals surface area contributed by atoms with Gasteiger partial charge in [-0.05, 0) is 190 Å². The molecule has 8 aliphatic heterocycles. The number of rotatable bonds is 10. The Hall–Kier alpha value is -13.8. The SMILES string of the molecule is CC(C)S(=O)(=O)c1ccc(C(=O)N2CCC3(CC2)Oc2ccccc2-n2c(F)ccc23)cc1.CCc1ccc(C(=O)N2CCC3(CC2)Oc2cc(C#N)ccc2-n2cccc23)cc1OC.COc1ccc(C(=O)N2CCC3(CC2)Oc2ccccc2-c2c3cnn2C)c(F)c1.Cc1cc(C(=O)N2CCC3(CC2)Oc2ccccc2-n2c(C#N)ccc23)ccc1S(C)(=O)=O. The zero-order valence-electron chi connectivity index (χ0n) is 72.1. The first-order chi connectivity index (χ1) is 61.6. The lowest BCUT2D eigenvalue weighted by atomic mass is 9.81. The van der Waals surface area contributed by atoms with E-state index in [1.165, 1.54) is 43.5 Å². The first kappa shape index (κ1) is 86.4. The third-order valence-electron chi connectivity index (χ3n) is 26.0. The lowest BCUT2D eigenvalue weighted by Gasteiger charge is -2.45. The van der Waals surface area contributed by atoms with E-state index in [1.807, 2.05) is 155 Å². The molecule has 8 aromatic carbocycles. The second-order valence-corrected chi connectivity index (χ2v) is 38.1. The van der Waals surface area contributed by atoms with Crippen molar-refractivity contribution in [3.8, 4) is 75.0 Å². The van der Waals surface area contributed by atoms with Gasteiger partial charge in [0.15, 0.2) is 42.4 Å². The van der Waals surface area contributed by atoms with Crippen LogP contribution in [-0.2, 0) is 55.5 Å². The first-order valence-corrected chi connectivity index (χ1v) is 46.1. The smallest absolute Gasteiger partial charge is 0.256 e. The maximum Gasteiger partial charge on any atom is 0.256 e. The van der Waals surface area contributed by atoms with Gasteiger partial charge in [-0.1, -0.05) is 49.4 Å². The number of aromatic nitrogens is 5. The van der Waals surface area contributed by atoms with Crippen LogP contribution in [0.3, 0.4) is 0 Å². The fourth-order valence-electron chi connectivity index (χ4n) is 19.0. The third kappa shape index (κ3) is 15.6. The van der Waals surface area contributed by atoms with Gasteiger partial charge in [0.25, 0.3) is 23.6 Å². The van der Waals surface area contributed by atoms with Crippen LogP contribution >= 0.6 is 0 Å². The lowest BCUT2D eigenvalue weighted by Crippen LogP contribution is -2.50. The molecule has 4 spiro atoms. The number of likely N-dealkylation sites (tertiary alicyclic amines) is 4. The van der Waals surface area contributed by atoms with Crippen LogP contribution in [-0.4, -0.2) is 162 Å². The number of carbonyl (C=O) groups excluding carboxylic acids is 4. The van der Waals surface area contributed by atoms with E-state index in [-0.39, 0.29) is 44.9 Å². The van der Waals surface area contributed by atoms with E-state index in [4.69, 9.17) is 28.4 Å². The maximum atomic E-state index is 14.6. The Morgan fingerprint density at radius 3 is 1.61 bits per heavy atom. The summed E-state index contributed by atoms with van der Waals surface area (Å²) in [4.78, 5) is 59.9. The largest absolute Gasteiger partial charge is 0.497 e. The van der Waals surface area contributed by atoms with E-state index in [0.29, 0.717) is 160 Å². The van der Waals surface area contributed by atoms with Gasteiger partial charge in [0.1, 0.15) is 57.7 Å². The molecule has 25 nitrogen and oxygen atoms in total. The molecule has 8 aliphatic rings. The average Bonchev–Trinajstić information content (AvgIpc) is 1.48. The number of para-hydroxylation sites is 5. The maximum absolute atomic E-state index is 14.6. The first-order valence-electron chi connectivity index (χ1n) is 42.7. The van der Waals surface area contributed by atoms with Crippen LogP contribution in [0.25, 0.3) is 28.3 Å². The molecular weight excluding hydrogens is 1670 g/mol. The highest BCUT2D eigenvalue weighted by molar-refractivity contribution is 7.92. The summed E-state index contributed by atoms with van der Waals surface area (Å²) in [6.07, 6.45) is 10.7. The van der Waals surface area contributed by atoms with Gasteiger partial charge in [-0.3, -0.25) is 33.0 Å². The lowest BCUT2D eigenvalue weighted by molar-refractivity contribution is -0.0104. The highest BCUT2D eigenvalue weighted by Gasteiger charge is 2.51. The molecule has 20 rings (SSSR count). The van der Waals surface area contributed by atoms with E-state index in [9.17, 15) is 55.3 Å². The van der Waals surface area contributed by atoms with Gasteiger partial charge in [-0.2, -0.15) is 20.0 Å². The van der Waals surface area contributed by atoms with Gasteiger partial charge in [-0.25, -0.2) is 21.2 Å². The molecule has 4 aromatic heterocycles. The molecule has 656 valence electrons. The Balaban J connectivity index is 0.000000120. The van der Waals surface area contributed by atoms with Crippen LogP contribution < -0.4 is 28.4 Å². The van der Waals surface area contributed by atoms with Crippen LogP contribution in [0, 0.1) is 41.4 Å². The third-order valence-corrected chi connectivity index (χ3v) is 29.4. The van der Waals surface area contributed by atoms with Crippen molar-refractivity contribution in [2.45, 2.75) is 123 Å². The number of fused-ring (bicyclic) bond motifs is 16. The van der Waals surface area contributed by atoms with E-state index in [2.05, 4.69) is 34.8 Å². The molecular formula is C99H95F2N11O14S2. The standard InChI is InChI=1S/C26H25N3O3.C25H25FN2O4S.C25H23N3O4S.C23H22FN3O3/c1-3-19-7-8-20(16-22(19)31-2)25(30)28-13-10-26(11-14-28)24-5-4-12-29(24)21-9-6-18(17-27)15-23(21)32-26;1-17(2)33(30,31)19-9-7-18(8-10-19)24(29)27-15-13-25(14-16-27)22-11-12-23(26)28(22)20-5-3-4-6-21(20)32-25;1-17-15-18(7-9-22(17)33(2,30)31)24(29)27-13-11-25(12-14-27)23-10-8-19(16-26)28(23)20-5-3-4-6-21(20)32-25;1-26-21-17-5-3-4-6-20(17)30-23(18(21)14-25-26)9-11-27(12-10-23)22(28)16-8-7-15(29-2)13-19(16)24/h4-9,12,15-16H,3,10-11,13-14H2,1-2H3;3-12,17H,13-16H2,1-2H3;3-10,15H,11-14H2,1-2H3;3-8,13-14H,9-12H2,1-2H3. The summed E-state index contributed by atoms with van der Waals surface area (Å²) in [5.74, 6) is 2.55. The molecule has 4 amide bonds. The van der Waals surface area contributed by atoms with E-state index in [0.717, 1.165) is 80.8 Å². The number of ether oxygens (including phenoxy) is 6. The fourth-order valence-corrected chi connectivity index (χ4v) is 21.0. The number of hydrogen-bond donors (Lipinski definition) is 0. The Bertz CT molecular complexity index is 6710. The summed E-state index contributed by atoms with van der Waals surface area (Å²) in [5, 5.41) is 22.9. The number of halogens is 2. The van der Waals surface area contributed by atoms with Crippen molar-refractivity contribution in [3.63, 3.8) is 0 Å². The molecule has 0 saturated carbocycles. The molecule has 0 aliphatic carbocycles. The van der Waals surface area contributed by atoms with Crippen LogP contribution in [0.15, 0.2) is 228 Å². The van der Waals surface area contributed by atoms with Crippen molar-refractivity contribution < 1.29 is 73.2 Å². The number of nitrogens with zero attached hydrogens (tertiary/aromatic N) is 11. The minimum absolute atomic E-state index is 0.0131. The van der Waals surface area contributed by atoms with Crippen molar-refractivity contribution in [3.05, 3.63) is 298 Å². The van der Waals surface area contributed by atoms with Gasteiger partial charge in [-0.15, -0.1) is 0 Å². The van der Waals surface area contributed by atoms with Crippen LogP contribution in [0.2, 0.25) is 0 Å². The summed E-state index contributed by atoms with van der Waals surface area (Å²) in [5.41, 5.74) is 10.4. The van der Waals surface area contributed by atoms with Crippen molar-refractivity contribution in [2.24, 2.45) is 7.05 Å². The Morgan fingerprint density at radius 2 is 1.04 bits per heavy atom. The molecule has 0 unspecified atom stereocenters. The number of amides is 4. The van der Waals surface area contributed by atoms with Crippen molar-refractivity contribution in [1.29, 1.82) is 10.5 Å². The Labute approximate surface area is 741 Å². The molecule has 0 N–H and O–H groups in total. The van der Waals surface area contributed by atoms with E-state index >= 15 is 0 Å². The van der Waals surface area contributed by atoms with Crippen LogP contribution in [0.5, 0.6) is 34.5 Å². The molecule has 29 heteroatoms. The van der Waals surface area contributed by atoms with E-state index < -0.39 is 53.1 Å². The number of piperidine rings is 4. The zero-order valence-corrected chi connectivity index (χ0v) is 73.7.